The Bertz CT molecular complexity index is 563. The maximum Gasteiger partial charge on any atom is 0.374 e. The summed E-state index contributed by atoms with van der Waals surface area (Å²) < 4.78 is 4.52. The van der Waals surface area contributed by atoms with Gasteiger partial charge >= 0.3 is 5.97 Å². The van der Waals surface area contributed by atoms with E-state index in [0.29, 0.717) is 6.54 Å². The molecule has 0 unspecified atom stereocenters. The number of amides is 1. The molecule has 1 N–H and O–H groups in total. The van der Waals surface area contributed by atoms with E-state index >= 15 is 0 Å². The van der Waals surface area contributed by atoms with Crippen LogP contribution in [0.1, 0.15) is 26.7 Å². The number of carboxylic acids is 1. The Labute approximate surface area is 106 Å². The lowest BCUT2D eigenvalue weighted by Gasteiger charge is -2.13. The topological polar surface area (TPSA) is 96.5 Å². The third-order valence-corrected chi connectivity index (χ3v) is 2.80. The first-order chi connectivity index (χ1) is 8.58. The molecule has 0 saturated carbocycles. The molecule has 2 aromatic rings. The highest BCUT2D eigenvalue weighted by Gasteiger charge is 2.20. The summed E-state index contributed by atoms with van der Waals surface area (Å²) in [6, 6.07) is 1.10. The van der Waals surface area contributed by atoms with Crippen molar-refractivity contribution in [3.8, 4) is 0 Å². The van der Waals surface area contributed by atoms with Gasteiger partial charge in [0.05, 0.1) is 17.7 Å². The standard InChI is InChI=1S/C10H9N3O4S/c1-13(3-6-4-18-5-11-6)9(14)7-2-8(10(15)16)17-12-7/h2,4-5H,3H2,1H3,(H,15,16). The molecular formula is C10H9N3O4S. The van der Waals surface area contributed by atoms with Gasteiger partial charge in [-0.3, -0.25) is 4.79 Å². The van der Waals surface area contributed by atoms with Crippen LogP contribution >= 0.6 is 11.3 Å². The lowest BCUT2D eigenvalue weighted by atomic mass is 10.3. The van der Waals surface area contributed by atoms with E-state index in [2.05, 4.69) is 14.7 Å². The molecule has 2 heterocycles. The van der Waals surface area contributed by atoms with E-state index in [1.54, 1.807) is 12.6 Å². The highest BCUT2D eigenvalue weighted by molar-refractivity contribution is 7.07. The van der Waals surface area contributed by atoms with Gasteiger partial charge in [-0.2, -0.15) is 0 Å². The number of carboxylic acid groups (broad SMARTS) is 1. The summed E-state index contributed by atoms with van der Waals surface area (Å²) >= 11 is 1.44. The molecule has 0 bridgehead atoms. The average molecular weight is 267 g/mol. The molecule has 0 fully saturated rings. The van der Waals surface area contributed by atoms with Crippen molar-refractivity contribution in [3.63, 3.8) is 0 Å². The second kappa shape index (κ2) is 4.96. The van der Waals surface area contributed by atoms with Crippen molar-refractivity contribution < 1.29 is 19.2 Å². The Hall–Kier alpha value is -2.22. The third kappa shape index (κ3) is 2.54. The number of aromatic nitrogens is 2. The summed E-state index contributed by atoms with van der Waals surface area (Å²) in [6.07, 6.45) is 0. The molecule has 94 valence electrons. The normalized spacial score (nSPS) is 10.3. The monoisotopic (exact) mass is 267 g/mol. The molecule has 0 radical (unpaired) electrons. The predicted molar refractivity (Wildman–Crippen MR) is 61.4 cm³/mol. The number of nitrogens with zero attached hydrogens (tertiary/aromatic N) is 3. The number of hydrogen-bond acceptors (Lipinski definition) is 6. The molecule has 0 atom stereocenters. The molecule has 8 heteroatoms. The number of rotatable bonds is 4. The van der Waals surface area contributed by atoms with Gasteiger partial charge in [0.15, 0.2) is 5.69 Å². The van der Waals surface area contributed by atoms with Crippen molar-refractivity contribution in [2.75, 3.05) is 7.05 Å². The van der Waals surface area contributed by atoms with Crippen molar-refractivity contribution >= 4 is 23.2 Å². The van der Waals surface area contributed by atoms with E-state index in [0.717, 1.165) is 11.8 Å². The van der Waals surface area contributed by atoms with Crippen LogP contribution in [-0.4, -0.2) is 39.1 Å². The van der Waals surface area contributed by atoms with Gasteiger partial charge in [-0.25, -0.2) is 9.78 Å². The molecular weight excluding hydrogens is 258 g/mol. The van der Waals surface area contributed by atoms with Crippen LogP contribution in [0.4, 0.5) is 0 Å². The molecule has 7 nitrogen and oxygen atoms in total. The molecule has 2 aromatic heterocycles. The molecule has 0 aliphatic rings. The maximum absolute atomic E-state index is 11.9. The van der Waals surface area contributed by atoms with Crippen LogP contribution in [0, 0.1) is 0 Å². The maximum atomic E-state index is 11.9. The van der Waals surface area contributed by atoms with Crippen LogP contribution in [0.15, 0.2) is 21.5 Å². The minimum absolute atomic E-state index is 0.0369. The van der Waals surface area contributed by atoms with Gasteiger partial charge in [-0.05, 0) is 0 Å². The largest absolute Gasteiger partial charge is 0.475 e. The molecule has 0 aliphatic carbocycles. The Balaban J connectivity index is 2.08. The lowest BCUT2D eigenvalue weighted by molar-refractivity contribution is 0.0649. The summed E-state index contributed by atoms with van der Waals surface area (Å²) in [6.45, 7) is 0.331. The molecule has 18 heavy (non-hydrogen) atoms. The molecule has 0 spiro atoms. The van der Waals surface area contributed by atoms with E-state index < -0.39 is 11.9 Å². The smallest absolute Gasteiger partial charge is 0.374 e. The van der Waals surface area contributed by atoms with Gasteiger partial charge in [0.1, 0.15) is 0 Å². The number of carbonyl (C=O) groups is 2. The first-order valence-corrected chi connectivity index (χ1v) is 5.84. The summed E-state index contributed by atoms with van der Waals surface area (Å²) in [4.78, 5) is 27.9. The van der Waals surface area contributed by atoms with Crippen LogP contribution < -0.4 is 0 Å². The van der Waals surface area contributed by atoms with E-state index in [-0.39, 0.29) is 11.5 Å². The molecule has 0 aliphatic heterocycles. The van der Waals surface area contributed by atoms with Crippen LogP contribution in [0.25, 0.3) is 0 Å². The van der Waals surface area contributed by atoms with Crippen molar-refractivity contribution in [2.24, 2.45) is 0 Å². The summed E-state index contributed by atoms with van der Waals surface area (Å²) in [7, 11) is 1.58. The lowest BCUT2D eigenvalue weighted by Crippen LogP contribution is -2.26. The van der Waals surface area contributed by atoms with Gasteiger partial charge in [-0.15, -0.1) is 11.3 Å². The van der Waals surface area contributed by atoms with E-state index in [9.17, 15) is 9.59 Å². The van der Waals surface area contributed by atoms with Crippen LogP contribution in [-0.2, 0) is 6.54 Å². The van der Waals surface area contributed by atoms with E-state index in [1.807, 2.05) is 5.38 Å². The predicted octanol–water partition coefficient (Wildman–Crippen LogP) is 1.10. The second-order valence-electron chi connectivity index (χ2n) is 3.52. The van der Waals surface area contributed by atoms with Gasteiger partial charge in [0.2, 0.25) is 5.76 Å². The van der Waals surface area contributed by atoms with Gasteiger partial charge in [0, 0.05) is 18.5 Å². The molecule has 0 saturated heterocycles. The quantitative estimate of drug-likeness (QED) is 0.891. The fraction of sp³-hybridized carbons (Fsp3) is 0.200. The molecule has 2 rings (SSSR count). The Morgan fingerprint density at radius 2 is 2.33 bits per heavy atom. The molecule has 1 amide bonds. The molecule has 0 aromatic carbocycles. The van der Waals surface area contributed by atoms with Crippen LogP contribution in [0.2, 0.25) is 0 Å². The van der Waals surface area contributed by atoms with Gasteiger partial charge in [-0.1, -0.05) is 5.16 Å². The van der Waals surface area contributed by atoms with Crippen LogP contribution in [0.3, 0.4) is 0 Å². The summed E-state index contributed by atoms with van der Waals surface area (Å²) in [5, 5.41) is 13.9. The fourth-order valence-electron chi connectivity index (χ4n) is 1.30. The highest BCUT2D eigenvalue weighted by Crippen LogP contribution is 2.09. The number of hydrogen-bond donors (Lipinski definition) is 1. The number of carbonyl (C=O) groups excluding carboxylic acids is 1. The van der Waals surface area contributed by atoms with Gasteiger partial charge in [0.25, 0.3) is 5.91 Å². The fourth-order valence-corrected chi connectivity index (χ4v) is 1.85. The Morgan fingerprint density at radius 1 is 1.56 bits per heavy atom. The van der Waals surface area contributed by atoms with Crippen molar-refractivity contribution in [2.45, 2.75) is 6.54 Å². The average Bonchev–Trinajstić information content (AvgIpc) is 2.98. The third-order valence-electron chi connectivity index (χ3n) is 2.17. The first-order valence-electron chi connectivity index (χ1n) is 4.90. The zero-order valence-electron chi connectivity index (χ0n) is 9.36. The second-order valence-corrected chi connectivity index (χ2v) is 4.24. The van der Waals surface area contributed by atoms with Crippen molar-refractivity contribution in [1.29, 1.82) is 0 Å². The van der Waals surface area contributed by atoms with E-state index in [4.69, 9.17) is 5.11 Å². The van der Waals surface area contributed by atoms with Crippen molar-refractivity contribution in [3.05, 3.63) is 34.1 Å². The SMILES string of the molecule is CN(Cc1cscn1)C(=O)c1cc(C(=O)O)on1. The van der Waals surface area contributed by atoms with Crippen molar-refractivity contribution in [1.82, 2.24) is 15.0 Å². The zero-order chi connectivity index (χ0) is 13.1. The summed E-state index contributed by atoms with van der Waals surface area (Å²) in [5.74, 6) is -2.04. The zero-order valence-corrected chi connectivity index (χ0v) is 10.2. The highest BCUT2D eigenvalue weighted by atomic mass is 32.1. The Kier molecular flexibility index (Phi) is 3.38. The first kappa shape index (κ1) is 12.2. The minimum Gasteiger partial charge on any atom is -0.475 e. The number of aromatic carboxylic acids is 1. The summed E-state index contributed by atoms with van der Waals surface area (Å²) in [5.41, 5.74) is 2.40. The minimum atomic E-state index is -1.26. The van der Waals surface area contributed by atoms with Crippen LogP contribution in [0.5, 0.6) is 0 Å². The van der Waals surface area contributed by atoms with Gasteiger partial charge < -0.3 is 14.5 Å². The Morgan fingerprint density at radius 3 is 2.89 bits per heavy atom. The number of thiazole rings is 1. The van der Waals surface area contributed by atoms with E-state index in [1.165, 1.54) is 16.2 Å².